The van der Waals surface area contributed by atoms with E-state index in [0.717, 1.165) is 6.92 Å². The molecule has 0 heterocycles. The van der Waals surface area contributed by atoms with Gasteiger partial charge in [0.05, 0.1) is 12.0 Å². The standard InChI is InChI=1S/C11H14F3N3O4/c1-5(2)21-9(19)8(6(3)7(18)4-16-15)17-10(20)11(12,13)14/h4-6,8H,1-3H3,(H,17,20)/t6-,8+/m1/s1. The van der Waals surface area contributed by atoms with Gasteiger partial charge in [0.15, 0.2) is 0 Å². The molecule has 0 fully saturated rings. The van der Waals surface area contributed by atoms with E-state index in [9.17, 15) is 27.6 Å². The molecule has 0 spiro atoms. The summed E-state index contributed by atoms with van der Waals surface area (Å²) in [5.41, 5.74) is 8.23. The smallest absolute Gasteiger partial charge is 0.461 e. The summed E-state index contributed by atoms with van der Waals surface area (Å²) in [6.07, 6.45) is -5.46. The van der Waals surface area contributed by atoms with Crippen LogP contribution in [-0.4, -0.2) is 47.0 Å². The number of nitrogens with one attached hydrogen (secondary N) is 1. The highest BCUT2D eigenvalue weighted by atomic mass is 19.4. The van der Waals surface area contributed by atoms with Gasteiger partial charge in [-0.3, -0.25) is 9.59 Å². The minimum atomic E-state index is -5.22. The van der Waals surface area contributed by atoms with E-state index in [-0.39, 0.29) is 0 Å². The van der Waals surface area contributed by atoms with Crippen molar-refractivity contribution in [2.45, 2.75) is 39.1 Å². The van der Waals surface area contributed by atoms with Crippen LogP contribution in [0.5, 0.6) is 0 Å². The summed E-state index contributed by atoms with van der Waals surface area (Å²) < 4.78 is 41.4. The Morgan fingerprint density at radius 1 is 1.24 bits per heavy atom. The van der Waals surface area contributed by atoms with Gasteiger partial charge in [0.25, 0.3) is 0 Å². The maximum absolute atomic E-state index is 12.2. The lowest BCUT2D eigenvalue weighted by molar-refractivity contribution is -0.177. The van der Waals surface area contributed by atoms with Crippen LogP contribution in [0.3, 0.4) is 0 Å². The molecular weight excluding hydrogens is 295 g/mol. The Bertz CT molecular complexity index is 470. The summed E-state index contributed by atoms with van der Waals surface area (Å²) in [5.74, 6) is -5.94. The fourth-order valence-corrected chi connectivity index (χ4v) is 1.26. The van der Waals surface area contributed by atoms with Gasteiger partial charge in [-0.05, 0) is 13.8 Å². The van der Waals surface area contributed by atoms with Crippen LogP contribution in [0.25, 0.3) is 5.53 Å². The number of ether oxygens (including phenoxy) is 1. The molecule has 0 aliphatic carbocycles. The van der Waals surface area contributed by atoms with Crippen LogP contribution in [0, 0.1) is 5.92 Å². The average Bonchev–Trinajstić information content (AvgIpc) is 2.32. The van der Waals surface area contributed by atoms with Gasteiger partial charge < -0.3 is 15.6 Å². The highest BCUT2D eigenvalue weighted by Crippen LogP contribution is 2.16. The summed E-state index contributed by atoms with van der Waals surface area (Å²) in [6, 6.07) is -1.85. The maximum Gasteiger partial charge on any atom is 0.471 e. The highest BCUT2D eigenvalue weighted by Gasteiger charge is 2.43. The van der Waals surface area contributed by atoms with Gasteiger partial charge in [0.1, 0.15) is 6.04 Å². The zero-order valence-electron chi connectivity index (χ0n) is 11.5. The predicted molar refractivity (Wildman–Crippen MR) is 63.1 cm³/mol. The Kier molecular flexibility index (Phi) is 6.74. The molecular formula is C11H14F3N3O4. The first kappa shape index (κ1) is 18.8. The Labute approximate surface area is 118 Å². The Balaban J connectivity index is 5.27. The molecule has 0 bridgehead atoms. The monoisotopic (exact) mass is 309 g/mol. The Morgan fingerprint density at radius 2 is 1.76 bits per heavy atom. The number of carbonyl (C=O) groups excluding carboxylic acids is 3. The third-order valence-electron chi connectivity index (χ3n) is 2.28. The second-order valence-electron chi connectivity index (χ2n) is 4.37. The molecule has 0 rings (SSSR count). The zero-order chi connectivity index (χ0) is 16.8. The van der Waals surface area contributed by atoms with Crippen molar-refractivity contribution in [1.29, 1.82) is 0 Å². The first-order chi connectivity index (χ1) is 9.50. The molecule has 7 nitrogen and oxygen atoms in total. The molecule has 0 radical (unpaired) electrons. The van der Waals surface area contributed by atoms with Gasteiger partial charge in [0, 0.05) is 0 Å². The minimum absolute atomic E-state index is 0.417. The molecule has 0 aromatic carbocycles. The van der Waals surface area contributed by atoms with E-state index in [1.165, 1.54) is 19.2 Å². The van der Waals surface area contributed by atoms with Crippen molar-refractivity contribution >= 4 is 23.9 Å². The van der Waals surface area contributed by atoms with Crippen LogP contribution in [0.2, 0.25) is 0 Å². The number of nitrogens with zero attached hydrogens (tertiary/aromatic N) is 2. The molecule has 0 aliphatic rings. The number of carbonyl (C=O) groups is 3. The molecule has 0 saturated heterocycles. The zero-order valence-corrected chi connectivity index (χ0v) is 11.5. The van der Waals surface area contributed by atoms with Crippen molar-refractivity contribution in [3.05, 3.63) is 5.53 Å². The van der Waals surface area contributed by atoms with Crippen LogP contribution in [-0.2, 0) is 19.1 Å². The first-order valence-corrected chi connectivity index (χ1v) is 5.80. The summed E-state index contributed by atoms with van der Waals surface area (Å²) in [5, 5.41) is 1.40. The lowest BCUT2D eigenvalue weighted by atomic mass is 9.97. The van der Waals surface area contributed by atoms with E-state index in [0.29, 0.717) is 6.21 Å². The van der Waals surface area contributed by atoms with Gasteiger partial charge in [-0.25, -0.2) is 4.79 Å². The molecule has 118 valence electrons. The molecule has 2 atom stereocenters. The number of ketones is 1. The summed E-state index contributed by atoms with van der Waals surface area (Å²) in [7, 11) is 0. The SMILES string of the molecule is CC(C)OC(=O)[C@@H](NC(=O)C(F)(F)F)[C@H](C)C(=O)C=[N+]=[N-]. The molecule has 0 unspecified atom stereocenters. The van der Waals surface area contributed by atoms with E-state index in [1.807, 2.05) is 0 Å². The van der Waals surface area contributed by atoms with Gasteiger partial charge in [-0.2, -0.15) is 18.0 Å². The van der Waals surface area contributed by atoms with Crippen molar-refractivity contribution in [3.63, 3.8) is 0 Å². The Hall–Kier alpha value is -2.22. The number of amides is 1. The van der Waals surface area contributed by atoms with E-state index in [4.69, 9.17) is 10.3 Å². The van der Waals surface area contributed by atoms with Crippen molar-refractivity contribution in [1.82, 2.24) is 5.32 Å². The lowest BCUT2D eigenvalue weighted by Crippen LogP contribution is -2.52. The van der Waals surface area contributed by atoms with Gasteiger partial charge in [0.2, 0.25) is 5.78 Å². The molecule has 1 N–H and O–H groups in total. The summed E-state index contributed by atoms with van der Waals surface area (Å²) in [4.78, 5) is 36.5. The fraction of sp³-hybridized carbons (Fsp3) is 0.636. The third-order valence-corrected chi connectivity index (χ3v) is 2.28. The molecule has 0 aromatic rings. The third kappa shape index (κ3) is 6.17. The summed E-state index contributed by atoms with van der Waals surface area (Å²) >= 11 is 0. The van der Waals surface area contributed by atoms with Crippen LogP contribution >= 0.6 is 0 Å². The first-order valence-electron chi connectivity index (χ1n) is 5.80. The normalized spacial score (nSPS) is 13.9. The second kappa shape index (κ2) is 7.53. The molecule has 10 heteroatoms. The average molecular weight is 309 g/mol. The van der Waals surface area contributed by atoms with Crippen LogP contribution in [0.4, 0.5) is 13.2 Å². The van der Waals surface area contributed by atoms with Crippen molar-refractivity contribution in [3.8, 4) is 0 Å². The lowest BCUT2D eigenvalue weighted by Gasteiger charge is -2.22. The fourth-order valence-electron chi connectivity index (χ4n) is 1.26. The predicted octanol–water partition coefficient (Wildman–Crippen LogP) is 0.491. The number of halogens is 3. The van der Waals surface area contributed by atoms with Crippen LogP contribution in [0.1, 0.15) is 20.8 Å². The largest absolute Gasteiger partial charge is 0.471 e. The topological polar surface area (TPSA) is 109 Å². The van der Waals surface area contributed by atoms with E-state index < -0.39 is 41.9 Å². The van der Waals surface area contributed by atoms with Gasteiger partial charge in [-0.15, -0.1) is 0 Å². The van der Waals surface area contributed by atoms with E-state index >= 15 is 0 Å². The van der Waals surface area contributed by atoms with Crippen molar-refractivity contribution in [2.24, 2.45) is 5.92 Å². The number of rotatable bonds is 6. The van der Waals surface area contributed by atoms with Crippen LogP contribution < -0.4 is 5.32 Å². The van der Waals surface area contributed by atoms with Crippen molar-refractivity contribution < 1.29 is 37.1 Å². The number of alkyl halides is 3. The van der Waals surface area contributed by atoms with Crippen molar-refractivity contribution in [2.75, 3.05) is 0 Å². The number of hydrogen-bond donors (Lipinski definition) is 1. The number of hydrogen-bond acceptors (Lipinski definition) is 4. The summed E-state index contributed by atoms with van der Waals surface area (Å²) in [6.45, 7) is 3.98. The highest BCUT2D eigenvalue weighted by molar-refractivity contribution is 6.27. The molecule has 0 saturated carbocycles. The molecule has 0 aliphatic heterocycles. The van der Waals surface area contributed by atoms with E-state index in [1.54, 1.807) is 0 Å². The number of esters is 1. The maximum atomic E-state index is 12.2. The Morgan fingerprint density at radius 3 is 2.14 bits per heavy atom. The second-order valence-corrected chi connectivity index (χ2v) is 4.37. The molecule has 1 amide bonds. The minimum Gasteiger partial charge on any atom is -0.461 e. The quantitative estimate of drug-likeness (QED) is 0.333. The molecule has 0 aromatic heterocycles. The van der Waals surface area contributed by atoms with Gasteiger partial charge >= 0.3 is 24.3 Å². The molecule has 21 heavy (non-hydrogen) atoms. The number of Topliss-reactive ketones (excluding diaryl/α,β-unsaturated/α-hetero) is 1. The van der Waals surface area contributed by atoms with E-state index in [2.05, 4.69) is 4.79 Å². The van der Waals surface area contributed by atoms with Gasteiger partial charge in [-0.1, -0.05) is 6.92 Å². The van der Waals surface area contributed by atoms with Crippen LogP contribution in [0.15, 0.2) is 0 Å².